The van der Waals surface area contributed by atoms with Crippen molar-refractivity contribution in [2.45, 2.75) is 13.8 Å². The van der Waals surface area contributed by atoms with E-state index in [0.29, 0.717) is 23.8 Å². The molecule has 1 rings (SSSR count). The van der Waals surface area contributed by atoms with E-state index >= 15 is 0 Å². The molecule has 1 unspecified atom stereocenters. The van der Waals surface area contributed by atoms with Gasteiger partial charge in [-0.25, -0.2) is 4.98 Å². The van der Waals surface area contributed by atoms with E-state index in [-0.39, 0.29) is 5.91 Å². The third-order valence-corrected chi connectivity index (χ3v) is 3.84. The highest BCUT2D eigenvalue weighted by atomic mass is 79.9. The first-order chi connectivity index (χ1) is 9.08. The van der Waals surface area contributed by atoms with Crippen molar-refractivity contribution in [3.63, 3.8) is 0 Å². The van der Waals surface area contributed by atoms with Crippen molar-refractivity contribution in [1.82, 2.24) is 10.3 Å². The van der Waals surface area contributed by atoms with Crippen LogP contribution in [-0.2, 0) is 0 Å². The molecule has 0 aliphatic carbocycles. The second-order valence-corrected chi connectivity index (χ2v) is 6.18. The van der Waals surface area contributed by atoms with Crippen molar-refractivity contribution in [1.29, 1.82) is 0 Å². The number of thioether (sulfide) groups is 1. The van der Waals surface area contributed by atoms with E-state index in [1.807, 2.05) is 6.92 Å². The van der Waals surface area contributed by atoms with Crippen LogP contribution in [0.5, 0.6) is 0 Å². The number of hydrogen-bond donors (Lipinski definition) is 2. The fraction of sp³-hybridized carbons (Fsp3) is 0.538. The zero-order chi connectivity index (χ0) is 14.3. The fourth-order valence-electron chi connectivity index (χ4n) is 1.63. The van der Waals surface area contributed by atoms with E-state index in [1.165, 1.54) is 0 Å². The molecule has 0 spiro atoms. The first-order valence-corrected chi connectivity index (χ1v) is 8.43. The Hall–Kier alpha value is -0.750. The van der Waals surface area contributed by atoms with Gasteiger partial charge in [0.25, 0.3) is 5.91 Å². The average molecular weight is 346 g/mol. The molecule has 0 saturated heterocycles. The molecule has 0 aliphatic rings. The normalized spacial score (nSPS) is 12.0. The minimum Gasteiger partial charge on any atom is -0.370 e. The molecule has 0 bridgehead atoms. The summed E-state index contributed by atoms with van der Waals surface area (Å²) in [5, 5.41) is 6.06. The number of amides is 1. The van der Waals surface area contributed by atoms with Crippen LogP contribution in [0, 0.1) is 5.92 Å². The van der Waals surface area contributed by atoms with E-state index in [1.54, 1.807) is 24.0 Å². The minimum atomic E-state index is -0.0855. The summed E-state index contributed by atoms with van der Waals surface area (Å²) in [5.41, 5.74) is 0.576. The fourth-order valence-corrected chi connectivity index (χ4v) is 2.64. The molecular weight excluding hydrogens is 326 g/mol. The van der Waals surface area contributed by atoms with E-state index in [2.05, 4.69) is 44.7 Å². The van der Waals surface area contributed by atoms with E-state index in [4.69, 9.17) is 0 Å². The summed E-state index contributed by atoms with van der Waals surface area (Å²) in [4.78, 5) is 16.4. The molecule has 1 aromatic heterocycles. The number of anilines is 1. The van der Waals surface area contributed by atoms with Crippen LogP contribution in [0.15, 0.2) is 16.7 Å². The van der Waals surface area contributed by atoms with Crippen molar-refractivity contribution >= 4 is 39.4 Å². The van der Waals surface area contributed by atoms with Gasteiger partial charge in [0.15, 0.2) is 0 Å². The first-order valence-electron chi connectivity index (χ1n) is 6.25. The summed E-state index contributed by atoms with van der Waals surface area (Å²) >= 11 is 5.13. The largest absolute Gasteiger partial charge is 0.370 e. The maximum Gasteiger partial charge on any atom is 0.255 e. The van der Waals surface area contributed by atoms with Crippen LogP contribution in [0.25, 0.3) is 0 Å². The average Bonchev–Trinajstić information content (AvgIpc) is 2.38. The van der Waals surface area contributed by atoms with E-state index < -0.39 is 0 Å². The SMILES string of the molecule is CCNc1ncc(Br)cc1C(=O)NCC(C)CSC. The lowest BCUT2D eigenvalue weighted by Gasteiger charge is -2.13. The molecule has 0 aromatic carbocycles. The van der Waals surface area contributed by atoms with Crippen LogP contribution in [0.1, 0.15) is 24.2 Å². The molecule has 1 amide bonds. The highest BCUT2D eigenvalue weighted by molar-refractivity contribution is 9.10. The molecule has 1 aromatic rings. The Kier molecular flexibility index (Phi) is 7.23. The predicted molar refractivity (Wildman–Crippen MR) is 86.0 cm³/mol. The van der Waals surface area contributed by atoms with Crippen molar-refractivity contribution in [2.75, 3.05) is 30.4 Å². The smallest absolute Gasteiger partial charge is 0.255 e. The number of halogens is 1. The standard InChI is InChI=1S/C13H20BrN3OS/c1-4-15-12-11(5-10(14)7-16-12)13(18)17-6-9(2)8-19-3/h5,7,9H,4,6,8H2,1-3H3,(H,15,16)(H,17,18). The maximum atomic E-state index is 12.2. The van der Waals surface area contributed by atoms with Crippen LogP contribution in [0.4, 0.5) is 5.82 Å². The quantitative estimate of drug-likeness (QED) is 0.797. The van der Waals surface area contributed by atoms with Gasteiger partial charge in [-0.15, -0.1) is 0 Å². The van der Waals surface area contributed by atoms with Gasteiger partial charge in [-0.05, 0) is 46.8 Å². The number of pyridine rings is 1. The molecule has 0 radical (unpaired) electrons. The zero-order valence-corrected chi connectivity index (χ0v) is 13.9. The molecule has 1 heterocycles. The highest BCUT2D eigenvalue weighted by Gasteiger charge is 2.13. The van der Waals surface area contributed by atoms with Crippen molar-refractivity contribution in [3.8, 4) is 0 Å². The van der Waals surface area contributed by atoms with Gasteiger partial charge in [-0.2, -0.15) is 11.8 Å². The zero-order valence-electron chi connectivity index (χ0n) is 11.5. The first kappa shape index (κ1) is 16.3. The van der Waals surface area contributed by atoms with Crippen molar-refractivity contribution in [3.05, 3.63) is 22.3 Å². The van der Waals surface area contributed by atoms with Gasteiger partial charge in [0.1, 0.15) is 5.82 Å². The number of rotatable bonds is 7. The number of nitrogens with zero attached hydrogens (tertiary/aromatic N) is 1. The number of aromatic nitrogens is 1. The predicted octanol–water partition coefficient (Wildman–Crippen LogP) is 3.00. The third kappa shape index (κ3) is 5.40. The number of carbonyl (C=O) groups is 1. The number of nitrogens with one attached hydrogen (secondary N) is 2. The monoisotopic (exact) mass is 345 g/mol. The summed E-state index contributed by atoms with van der Waals surface area (Å²) in [6.45, 7) is 5.52. The summed E-state index contributed by atoms with van der Waals surface area (Å²) in [7, 11) is 0. The highest BCUT2D eigenvalue weighted by Crippen LogP contribution is 2.18. The van der Waals surface area contributed by atoms with Gasteiger partial charge in [0, 0.05) is 23.8 Å². The second-order valence-electron chi connectivity index (χ2n) is 4.35. The van der Waals surface area contributed by atoms with Gasteiger partial charge in [0.2, 0.25) is 0 Å². The van der Waals surface area contributed by atoms with E-state index in [0.717, 1.165) is 16.8 Å². The van der Waals surface area contributed by atoms with Crippen molar-refractivity contribution < 1.29 is 4.79 Å². The molecule has 1 atom stereocenters. The Morgan fingerprint density at radius 1 is 1.58 bits per heavy atom. The number of carbonyl (C=O) groups excluding carboxylic acids is 1. The molecule has 0 saturated carbocycles. The Morgan fingerprint density at radius 3 is 2.95 bits per heavy atom. The van der Waals surface area contributed by atoms with Gasteiger partial charge in [-0.3, -0.25) is 4.79 Å². The van der Waals surface area contributed by atoms with Gasteiger partial charge in [0.05, 0.1) is 5.56 Å². The Bertz CT molecular complexity index is 428. The van der Waals surface area contributed by atoms with Crippen LogP contribution in [0.3, 0.4) is 0 Å². The van der Waals surface area contributed by atoms with Gasteiger partial charge in [-0.1, -0.05) is 6.92 Å². The van der Waals surface area contributed by atoms with Gasteiger partial charge >= 0.3 is 0 Å². The van der Waals surface area contributed by atoms with Crippen LogP contribution in [0.2, 0.25) is 0 Å². The Morgan fingerprint density at radius 2 is 2.32 bits per heavy atom. The summed E-state index contributed by atoms with van der Waals surface area (Å²) < 4.78 is 0.802. The molecule has 6 heteroatoms. The lowest BCUT2D eigenvalue weighted by Crippen LogP contribution is -2.30. The lowest BCUT2D eigenvalue weighted by molar-refractivity contribution is 0.0949. The molecule has 0 fully saturated rings. The second kappa shape index (κ2) is 8.43. The summed E-state index contributed by atoms with van der Waals surface area (Å²) in [6.07, 6.45) is 3.75. The molecule has 2 N–H and O–H groups in total. The van der Waals surface area contributed by atoms with E-state index in [9.17, 15) is 4.79 Å². The van der Waals surface area contributed by atoms with Crippen molar-refractivity contribution in [2.24, 2.45) is 5.92 Å². The lowest BCUT2D eigenvalue weighted by atomic mass is 10.2. The summed E-state index contributed by atoms with van der Waals surface area (Å²) in [6, 6.07) is 1.79. The number of hydrogen-bond acceptors (Lipinski definition) is 4. The minimum absolute atomic E-state index is 0.0855. The molecule has 0 aliphatic heterocycles. The van der Waals surface area contributed by atoms with Crippen LogP contribution in [-0.4, -0.2) is 36.0 Å². The third-order valence-electron chi connectivity index (χ3n) is 2.51. The molecule has 4 nitrogen and oxygen atoms in total. The molecule has 106 valence electrons. The topological polar surface area (TPSA) is 54.0 Å². The van der Waals surface area contributed by atoms with Crippen LogP contribution >= 0.6 is 27.7 Å². The van der Waals surface area contributed by atoms with Gasteiger partial charge < -0.3 is 10.6 Å². The Balaban J connectivity index is 2.72. The Labute approximate surface area is 127 Å². The molecular formula is C13H20BrN3OS. The molecule has 19 heavy (non-hydrogen) atoms. The summed E-state index contributed by atoms with van der Waals surface area (Å²) in [5.74, 6) is 2.04. The maximum absolute atomic E-state index is 12.2. The van der Waals surface area contributed by atoms with Crippen LogP contribution < -0.4 is 10.6 Å².